The molecule has 0 bridgehead atoms. The Morgan fingerprint density at radius 2 is 2.12 bits per heavy atom. The largest absolute Gasteiger partial charge is 0.497 e. The van der Waals surface area contributed by atoms with Crippen molar-refractivity contribution in [2.45, 2.75) is 32.7 Å². The van der Waals surface area contributed by atoms with E-state index in [1.165, 1.54) is 11.3 Å². The predicted octanol–water partition coefficient (Wildman–Crippen LogP) is 3.40. The monoisotopic (exact) mass is 368 g/mol. The number of aromatic nitrogens is 1. The summed E-state index contributed by atoms with van der Waals surface area (Å²) in [4.78, 5) is 4.27. The summed E-state index contributed by atoms with van der Waals surface area (Å²) in [5.74, 6) is 1.15. The Bertz CT molecular complexity index is 728. The smallest absolute Gasteiger partial charge is 0.212 e. The molecule has 1 N–H and O–H groups in total. The fourth-order valence-corrected chi connectivity index (χ4v) is 4.47. The van der Waals surface area contributed by atoms with Crippen LogP contribution in [-0.4, -0.2) is 26.3 Å². The Morgan fingerprint density at radius 3 is 2.75 bits per heavy atom. The van der Waals surface area contributed by atoms with E-state index in [1.54, 1.807) is 13.3 Å². The molecule has 132 valence electrons. The lowest BCUT2D eigenvalue weighted by atomic mass is 10.1. The van der Waals surface area contributed by atoms with Gasteiger partial charge < -0.3 is 4.74 Å². The first-order valence-electron chi connectivity index (χ1n) is 7.92. The second-order valence-corrected chi connectivity index (χ2v) is 8.89. The number of methoxy groups -OCH3 is 1. The van der Waals surface area contributed by atoms with Gasteiger partial charge in [0, 0.05) is 11.6 Å². The van der Waals surface area contributed by atoms with Crippen molar-refractivity contribution in [1.82, 2.24) is 9.71 Å². The van der Waals surface area contributed by atoms with Crippen LogP contribution in [0.2, 0.25) is 0 Å². The van der Waals surface area contributed by atoms with Crippen LogP contribution in [0, 0.1) is 5.92 Å². The number of hydrogen-bond donors (Lipinski definition) is 1. The molecule has 0 saturated carbocycles. The van der Waals surface area contributed by atoms with Gasteiger partial charge in [-0.25, -0.2) is 18.1 Å². The molecular weight excluding hydrogens is 344 g/mol. The van der Waals surface area contributed by atoms with Gasteiger partial charge in [-0.2, -0.15) is 0 Å². The summed E-state index contributed by atoms with van der Waals surface area (Å²) in [6, 6.07) is 7.22. The minimum absolute atomic E-state index is 0.0418. The molecule has 0 aliphatic rings. The van der Waals surface area contributed by atoms with Crippen LogP contribution in [0.15, 0.2) is 35.8 Å². The molecule has 0 fully saturated rings. The van der Waals surface area contributed by atoms with E-state index in [9.17, 15) is 8.42 Å². The summed E-state index contributed by atoms with van der Waals surface area (Å²) < 4.78 is 32.9. The zero-order chi connectivity index (χ0) is 17.6. The Hall–Kier alpha value is -1.44. The van der Waals surface area contributed by atoms with Crippen molar-refractivity contribution in [1.29, 1.82) is 0 Å². The van der Waals surface area contributed by atoms with Crippen LogP contribution < -0.4 is 9.46 Å². The summed E-state index contributed by atoms with van der Waals surface area (Å²) in [6.07, 6.45) is 2.88. The standard InChI is InChI=1S/C17H24N2O3S2/c1-13(2)11-16(17-18-8-9-23-17)19-24(20,21)10-7-14-5-4-6-15(12-14)22-3/h4-6,8-9,12-13,16,19H,7,10-11H2,1-3H3. The Balaban J connectivity index is 2.02. The normalized spacial score (nSPS) is 13.2. The van der Waals surface area contributed by atoms with Crippen molar-refractivity contribution >= 4 is 21.4 Å². The van der Waals surface area contributed by atoms with Crippen molar-refractivity contribution in [3.05, 3.63) is 46.4 Å². The number of benzene rings is 1. The summed E-state index contributed by atoms with van der Waals surface area (Å²) in [6.45, 7) is 4.15. The molecule has 0 spiro atoms. The average Bonchev–Trinajstić information content (AvgIpc) is 3.06. The van der Waals surface area contributed by atoms with Gasteiger partial charge in [-0.3, -0.25) is 0 Å². The first kappa shape index (κ1) is 18.9. The predicted molar refractivity (Wildman–Crippen MR) is 97.9 cm³/mol. The van der Waals surface area contributed by atoms with Crippen molar-refractivity contribution in [3.63, 3.8) is 0 Å². The maximum absolute atomic E-state index is 12.5. The summed E-state index contributed by atoms with van der Waals surface area (Å²) in [5, 5.41) is 2.68. The van der Waals surface area contributed by atoms with Gasteiger partial charge in [0.05, 0.1) is 18.9 Å². The SMILES string of the molecule is COc1cccc(CCS(=O)(=O)NC(CC(C)C)c2nccs2)c1. The van der Waals surface area contributed by atoms with Crippen molar-refractivity contribution in [3.8, 4) is 5.75 Å². The lowest BCUT2D eigenvalue weighted by Crippen LogP contribution is -2.32. The molecule has 24 heavy (non-hydrogen) atoms. The third-order valence-electron chi connectivity index (χ3n) is 3.57. The van der Waals surface area contributed by atoms with Crippen molar-refractivity contribution in [2.75, 3.05) is 12.9 Å². The van der Waals surface area contributed by atoms with Crippen LogP contribution in [0.4, 0.5) is 0 Å². The number of nitrogens with one attached hydrogen (secondary N) is 1. The van der Waals surface area contributed by atoms with E-state index >= 15 is 0 Å². The number of hydrogen-bond acceptors (Lipinski definition) is 5. The van der Waals surface area contributed by atoms with Gasteiger partial charge in [-0.05, 0) is 36.5 Å². The fourth-order valence-electron chi connectivity index (χ4n) is 2.43. The molecule has 0 aliphatic heterocycles. The van der Waals surface area contributed by atoms with E-state index in [4.69, 9.17) is 4.74 Å². The highest BCUT2D eigenvalue weighted by Gasteiger charge is 2.22. The number of rotatable bonds is 9. The van der Waals surface area contributed by atoms with E-state index in [1.807, 2.05) is 29.6 Å². The first-order valence-corrected chi connectivity index (χ1v) is 10.4. The van der Waals surface area contributed by atoms with E-state index in [0.29, 0.717) is 12.3 Å². The van der Waals surface area contributed by atoms with Crippen LogP contribution >= 0.6 is 11.3 Å². The molecule has 1 unspecified atom stereocenters. The van der Waals surface area contributed by atoms with E-state index in [0.717, 1.165) is 22.7 Å². The van der Waals surface area contributed by atoms with Crippen molar-refractivity contribution < 1.29 is 13.2 Å². The molecule has 2 aromatic rings. The van der Waals surface area contributed by atoms with Crippen molar-refractivity contribution in [2.24, 2.45) is 5.92 Å². The van der Waals surface area contributed by atoms with E-state index < -0.39 is 10.0 Å². The second-order valence-electron chi connectivity index (χ2n) is 6.09. The van der Waals surface area contributed by atoms with Crippen LogP contribution in [0.5, 0.6) is 5.75 Å². The number of sulfonamides is 1. The molecule has 2 rings (SSSR count). The molecule has 0 radical (unpaired) electrons. The highest BCUT2D eigenvalue weighted by Crippen LogP contribution is 2.24. The minimum Gasteiger partial charge on any atom is -0.497 e. The molecule has 1 aromatic heterocycles. The molecule has 1 aromatic carbocycles. The van der Waals surface area contributed by atoms with Gasteiger partial charge in [-0.1, -0.05) is 26.0 Å². The summed E-state index contributed by atoms with van der Waals surface area (Å²) >= 11 is 1.48. The number of thiazole rings is 1. The molecule has 0 amide bonds. The zero-order valence-corrected chi connectivity index (χ0v) is 15.9. The number of nitrogens with zero attached hydrogens (tertiary/aromatic N) is 1. The molecule has 5 nitrogen and oxygen atoms in total. The van der Waals surface area contributed by atoms with Gasteiger partial charge in [0.15, 0.2) is 0 Å². The number of ether oxygens (including phenoxy) is 1. The highest BCUT2D eigenvalue weighted by molar-refractivity contribution is 7.89. The van der Waals surface area contributed by atoms with Crippen LogP contribution in [0.1, 0.15) is 36.9 Å². The molecule has 1 heterocycles. The zero-order valence-electron chi connectivity index (χ0n) is 14.2. The lowest BCUT2D eigenvalue weighted by Gasteiger charge is -2.18. The van der Waals surface area contributed by atoms with E-state index in [-0.39, 0.29) is 11.8 Å². The summed E-state index contributed by atoms with van der Waals surface area (Å²) in [5.41, 5.74) is 0.939. The van der Waals surface area contributed by atoms with Gasteiger partial charge in [0.2, 0.25) is 10.0 Å². The van der Waals surface area contributed by atoms with Gasteiger partial charge >= 0.3 is 0 Å². The van der Waals surface area contributed by atoms with Crippen LogP contribution in [0.3, 0.4) is 0 Å². The third kappa shape index (κ3) is 5.89. The van der Waals surface area contributed by atoms with Gasteiger partial charge in [-0.15, -0.1) is 11.3 Å². The van der Waals surface area contributed by atoms with Crippen LogP contribution in [0.25, 0.3) is 0 Å². The quantitative estimate of drug-likeness (QED) is 0.736. The van der Waals surface area contributed by atoms with Crippen LogP contribution in [-0.2, 0) is 16.4 Å². The first-order chi connectivity index (χ1) is 11.4. The molecule has 1 atom stereocenters. The number of aryl methyl sites for hydroxylation is 1. The molecular formula is C17H24N2O3S2. The lowest BCUT2D eigenvalue weighted by molar-refractivity contribution is 0.414. The Kier molecular flexibility index (Phi) is 6.77. The topological polar surface area (TPSA) is 68.3 Å². The highest BCUT2D eigenvalue weighted by atomic mass is 32.2. The Morgan fingerprint density at radius 1 is 1.33 bits per heavy atom. The fraction of sp³-hybridized carbons (Fsp3) is 0.471. The Labute approximate surface area is 148 Å². The second kappa shape index (κ2) is 8.60. The molecule has 0 saturated heterocycles. The van der Waals surface area contributed by atoms with Gasteiger partial charge in [0.25, 0.3) is 0 Å². The maximum Gasteiger partial charge on any atom is 0.212 e. The maximum atomic E-state index is 12.5. The minimum atomic E-state index is -3.39. The molecule has 0 aliphatic carbocycles. The molecule has 7 heteroatoms. The third-order valence-corrected chi connectivity index (χ3v) is 5.85. The average molecular weight is 369 g/mol. The summed E-state index contributed by atoms with van der Waals surface area (Å²) in [7, 11) is -1.80. The van der Waals surface area contributed by atoms with Gasteiger partial charge in [0.1, 0.15) is 10.8 Å². The van der Waals surface area contributed by atoms with E-state index in [2.05, 4.69) is 23.6 Å².